The molecule has 1 aromatic rings. The minimum Gasteiger partial charge on any atom is -0.381 e. The summed E-state index contributed by atoms with van der Waals surface area (Å²) in [7, 11) is 0. The molecule has 1 aromatic carbocycles. The second-order valence-electron chi connectivity index (χ2n) is 4.17. The van der Waals surface area contributed by atoms with Crippen LogP contribution >= 0.6 is 27.5 Å². The van der Waals surface area contributed by atoms with Crippen LogP contribution in [0.15, 0.2) is 22.7 Å². The van der Waals surface area contributed by atoms with Gasteiger partial charge in [-0.3, -0.25) is 0 Å². The molecule has 2 atom stereocenters. The molecule has 0 aromatic heterocycles. The number of hydrogen-bond donors (Lipinski definition) is 1. The van der Waals surface area contributed by atoms with E-state index < -0.39 is 0 Å². The zero-order chi connectivity index (χ0) is 11.5. The molecule has 0 amide bonds. The Morgan fingerprint density at radius 2 is 2.31 bits per heavy atom. The molecule has 0 bridgehead atoms. The lowest BCUT2D eigenvalue weighted by atomic mass is 10.0. The van der Waals surface area contributed by atoms with Crippen molar-refractivity contribution in [1.82, 2.24) is 0 Å². The molecule has 0 saturated carbocycles. The molecule has 88 valence electrons. The molecule has 0 aliphatic carbocycles. The maximum absolute atomic E-state index is 5.91. The van der Waals surface area contributed by atoms with E-state index >= 15 is 0 Å². The molecule has 4 heteroatoms. The summed E-state index contributed by atoms with van der Waals surface area (Å²) < 4.78 is 6.54. The van der Waals surface area contributed by atoms with Crippen molar-refractivity contribution in [3.63, 3.8) is 0 Å². The third-order valence-corrected chi connectivity index (χ3v) is 3.67. The molecular formula is C12H15BrClNO. The largest absolute Gasteiger partial charge is 0.381 e. The second kappa shape index (κ2) is 5.39. The van der Waals surface area contributed by atoms with E-state index in [4.69, 9.17) is 16.3 Å². The highest BCUT2D eigenvalue weighted by molar-refractivity contribution is 9.10. The summed E-state index contributed by atoms with van der Waals surface area (Å²) in [4.78, 5) is 0. The summed E-state index contributed by atoms with van der Waals surface area (Å²) in [5, 5.41) is 4.27. The molecular weight excluding hydrogens is 289 g/mol. The van der Waals surface area contributed by atoms with Crippen molar-refractivity contribution in [2.45, 2.75) is 31.9 Å². The highest BCUT2D eigenvalue weighted by Gasteiger charge is 2.19. The van der Waals surface area contributed by atoms with Gasteiger partial charge in [0.1, 0.15) is 0 Å². The average Bonchev–Trinajstić information content (AvgIpc) is 2.22. The summed E-state index contributed by atoms with van der Waals surface area (Å²) in [6.45, 7) is 2.95. The Morgan fingerprint density at radius 3 is 3.00 bits per heavy atom. The molecule has 2 nitrogen and oxygen atoms in total. The lowest BCUT2D eigenvalue weighted by Gasteiger charge is -2.29. The van der Waals surface area contributed by atoms with E-state index in [2.05, 4.69) is 28.2 Å². The van der Waals surface area contributed by atoms with Crippen molar-refractivity contribution in [3.8, 4) is 0 Å². The van der Waals surface area contributed by atoms with Crippen LogP contribution in [0.1, 0.15) is 19.8 Å². The van der Waals surface area contributed by atoms with Gasteiger partial charge in [0.15, 0.2) is 0 Å². The van der Waals surface area contributed by atoms with E-state index in [-0.39, 0.29) is 0 Å². The average molecular weight is 305 g/mol. The Hall–Kier alpha value is -0.250. The molecule has 2 unspecified atom stereocenters. The summed E-state index contributed by atoms with van der Waals surface area (Å²) in [5.74, 6) is 0. The summed E-state index contributed by atoms with van der Waals surface area (Å²) in [6, 6.07) is 6.30. The van der Waals surface area contributed by atoms with Crippen LogP contribution in [0.4, 0.5) is 5.69 Å². The highest BCUT2D eigenvalue weighted by atomic mass is 79.9. The van der Waals surface area contributed by atoms with Crippen molar-refractivity contribution in [2.24, 2.45) is 0 Å². The van der Waals surface area contributed by atoms with E-state index in [1.165, 1.54) is 0 Å². The van der Waals surface area contributed by atoms with Gasteiger partial charge in [-0.1, -0.05) is 11.6 Å². The minimum absolute atomic E-state index is 0.345. The molecule has 1 aliphatic rings. The first-order valence-corrected chi connectivity index (χ1v) is 6.65. The van der Waals surface area contributed by atoms with Crippen molar-refractivity contribution >= 4 is 33.2 Å². The quantitative estimate of drug-likeness (QED) is 0.889. The van der Waals surface area contributed by atoms with Gasteiger partial charge in [0.25, 0.3) is 0 Å². The number of hydrogen-bond acceptors (Lipinski definition) is 2. The molecule has 1 saturated heterocycles. The summed E-state index contributed by atoms with van der Waals surface area (Å²) >= 11 is 9.42. The third-order valence-electron chi connectivity index (χ3n) is 2.78. The Labute approximate surface area is 109 Å². The second-order valence-corrected chi connectivity index (χ2v) is 5.46. The van der Waals surface area contributed by atoms with Gasteiger partial charge in [0, 0.05) is 27.8 Å². The smallest absolute Gasteiger partial charge is 0.0566 e. The number of nitrogens with one attached hydrogen (secondary N) is 1. The van der Waals surface area contributed by atoms with Gasteiger partial charge >= 0.3 is 0 Å². The molecule has 16 heavy (non-hydrogen) atoms. The van der Waals surface area contributed by atoms with Gasteiger partial charge in [-0.2, -0.15) is 0 Å². The first kappa shape index (κ1) is 12.2. The first-order chi connectivity index (χ1) is 7.65. The number of benzene rings is 1. The van der Waals surface area contributed by atoms with E-state index in [1.54, 1.807) is 0 Å². The number of anilines is 1. The lowest BCUT2D eigenvalue weighted by molar-refractivity contribution is 0.0232. The van der Waals surface area contributed by atoms with E-state index in [0.717, 1.165) is 34.6 Å². The van der Waals surface area contributed by atoms with Crippen molar-refractivity contribution < 1.29 is 4.74 Å². The van der Waals surface area contributed by atoms with Crippen LogP contribution in [0.3, 0.4) is 0 Å². The SMILES string of the molecule is CC1CC(Nc2ccc(Cl)cc2Br)CCO1. The van der Waals surface area contributed by atoms with Crippen LogP contribution < -0.4 is 5.32 Å². The molecule has 1 N–H and O–H groups in total. The Balaban J connectivity index is 2.02. The minimum atomic E-state index is 0.345. The fraction of sp³-hybridized carbons (Fsp3) is 0.500. The normalized spacial score (nSPS) is 25.4. The van der Waals surface area contributed by atoms with Gasteiger partial charge in [-0.15, -0.1) is 0 Å². The van der Waals surface area contributed by atoms with Gasteiger partial charge < -0.3 is 10.1 Å². The van der Waals surface area contributed by atoms with E-state index in [1.807, 2.05) is 18.2 Å². The summed E-state index contributed by atoms with van der Waals surface area (Å²) in [6.07, 6.45) is 2.45. The molecule has 2 rings (SSSR count). The number of halogens is 2. The Morgan fingerprint density at radius 1 is 1.50 bits per heavy atom. The van der Waals surface area contributed by atoms with Crippen molar-refractivity contribution in [3.05, 3.63) is 27.7 Å². The highest BCUT2D eigenvalue weighted by Crippen LogP contribution is 2.28. The van der Waals surface area contributed by atoms with Gasteiger partial charge in [0.2, 0.25) is 0 Å². The lowest BCUT2D eigenvalue weighted by Crippen LogP contribution is -2.32. The van der Waals surface area contributed by atoms with Crippen LogP contribution in [0.5, 0.6) is 0 Å². The molecule has 0 spiro atoms. The molecule has 0 radical (unpaired) electrons. The monoisotopic (exact) mass is 303 g/mol. The maximum atomic E-state index is 5.91. The first-order valence-electron chi connectivity index (χ1n) is 5.48. The zero-order valence-electron chi connectivity index (χ0n) is 9.17. The van der Waals surface area contributed by atoms with E-state index in [9.17, 15) is 0 Å². The van der Waals surface area contributed by atoms with Crippen LogP contribution in [-0.2, 0) is 4.74 Å². The number of ether oxygens (including phenoxy) is 1. The topological polar surface area (TPSA) is 21.3 Å². The van der Waals surface area contributed by atoms with Crippen LogP contribution in [-0.4, -0.2) is 18.8 Å². The molecule has 1 aliphatic heterocycles. The summed E-state index contributed by atoms with van der Waals surface area (Å²) in [5.41, 5.74) is 1.10. The van der Waals surface area contributed by atoms with Gasteiger partial charge in [-0.25, -0.2) is 0 Å². The maximum Gasteiger partial charge on any atom is 0.0566 e. The Bertz CT molecular complexity index is 372. The molecule has 1 heterocycles. The zero-order valence-corrected chi connectivity index (χ0v) is 11.5. The van der Waals surface area contributed by atoms with Crippen LogP contribution in [0, 0.1) is 0 Å². The van der Waals surface area contributed by atoms with Crippen molar-refractivity contribution in [1.29, 1.82) is 0 Å². The standard InChI is InChI=1S/C12H15BrClNO/c1-8-6-10(4-5-16-8)15-12-3-2-9(14)7-11(12)13/h2-3,7-8,10,15H,4-6H2,1H3. The van der Waals surface area contributed by atoms with E-state index in [0.29, 0.717) is 12.1 Å². The van der Waals surface area contributed by atoms with Crippen LogP contribution in [0.2, 0.25) is 5.02 Å². The predicted octanol–water partition coefficient (Wildman–Crippen LogP) is 4.08. The van der Waals surface area contributed by atoms with Crippen molar-refractivity contribution in [2.75, 3.05) is 11.9 Å². The van der Waals surface area contributed by atoms with Crippen LogP contribution in [0.25, 0.3) is 0 Å². The van der Waals surface area contributed by atoms with Gasteiger partial charge in [-0.05, 0) is 53.9 Å². The fourth-order valence-electron chi connectivity index (χ4n) is 1.96. The number of rotatable bonds is 2. The van der Waals surface area contributed by atoms with Gasteiger partial charge in [0.05, 0.1) is 6.10 Å². The molecule has 1 fully saturated rings. The third kappa shape index (κ3) is 3.12. The predicted molar refractivity (Wildman–Crippen MR) is 71.2 cm³/mol. The fourth-order valence-corrected chi connectivity index (χ4v) is 2.75. The Kier molecular flexibility index (Phi) is 4.11.